The van der Waals surface area contributed by atoms with Crippen LogP contribution in [-0.4, -0.2) is 21.5 Å². The molecule has 152 valence electrons. The number of alkyl halides is 3. The summed E-state index contributed by atoms with van der Waals surface area (Å²) >= 11 is 0. The van der Waals surface area contributed by atoms with Crippen molar-refractivity contribution >= 4 is 16.9 Å². The number of halogens is 3. The largest absolute Gasteiger partial charge is 0.438 e. The van der Waals surface area contributed by atoms with Gasteiger partial charge in [0.25, 0.3) is 5.56 Å². The van der Waals surface area contributed by atoms with Crippen LogP contribution in [0.25, 0.3) is 11.0 Å². The van der Waals surface area contributed by atoms with E-state index in [2.05, 4.69) is 10.3 Å². The fourth-order valence-electron chi connectivity index (χ4n) is 3.72. The number of hydrogen-bond acceptors (Lipinski definition) is 3. The average molecular weight is 395 g/mol. The summed E-state index contributed by atoms with van der Waals surface area (Å²) in [5.74, 6) is -0.451. The van der Waals surface area contributed by atoms with Crippen LogP contribution in [0.1, 0.15) is 61.9 Å². The van der Waals surface area contributed by atoms with Gasteiger partial charge in [-0.15, -0.1) is 0 Å². The second kappa shape index (κ2) is 7.56. The highest BCUT2D eigenvalue weighted by molar-refractivity contribution is 5.84. The van der Waals surface area contributed by atoms with Crippen LogP contribution in [0.5, 0.6) is 0 Å². The van der Waals surface area contributed by atoms with Crippen molar-refractivity contribution < 1.29 is 18.0 Å². The lowest BCUT2D eigenvalue weighted by Gasteiger charge is -2.26. The molecule has 3 rings (SSSR count). The minimum Gasteiger partial charge on any atom is -0.352 e. The number of nitrogens with zero attached hydrogens (tertiary/aromatic N) is 2. The van der Waals surface area contributed by atoms with E-state index in [1.807, 2.05) is 0 Å². The van der Waals surface area contributed by atoms with Gasteiger partial charge in [0.1, 0.15) is 6.04 Å². The SMILES string of the molecule is Cc1cc2nc(C(F)(F)F)c(=O)n(C(C)C(=O)NC3CCCCC3)c2cc1C. The van der Waals surface area contributed by atoms with Crippen molar-refractivity contribution in [2.75, 3.05) is 0 Å². The minimum atomic E-state index is -4.90. The smallest absolute Gasteiger partial charge is 0.352 e. The van der Waals surface area contributed by atoms with Crippen LogP contribution in [0.4, 0.5) is 13.2 Å². The lowest BCUT2D eigenvalue weighted by molar-refractivity contribution is -0.142. The van der Waals surface area contributed by atoms with E-state index in [4.69, 9.17) is 0 Å². The van der Waals surface area contributed by atoms with E-state index in [1.54, 1.807) is 19.9 Å². The maximum absolute atomic E-state index is 13.4. The molecule has 1 amide bonds. The van der Waals surface area contributed by atoms with Crippen molar-refractivity contribution in [3.63, 3.8) is 0 Å². The number of aryl methyl sites for hydroxylation is 2. The van der Waals surface area contributed by atoms with Crippen molar-refractivity contribution in [2.24, 2.45) is 0 Å². The van der Waals surface area contributed by atoms with Gasteiger partial charge in [-0.05, 0) is 56.9 Å². The standard InChI is InChI=1S/C20H24F3N3O2/c1-11-9-15-16(10-12(11)2)26(19(28)17(25-15)20(21,22)23)13(3)18(27)24-14-7-5-4-6-8-14/h9-10,13-14H,4-8H2,1-3H3,(H,24,27). The molecule has 1 fully saturated rings. The second-order valence-corrected chi connectivity index (χ2v) is 7.58. The molecular formula is C20H24F3N3O2. The molecule has 0 radical (unpaired) electrons. The highest BCUT2D eigenvalue weighted by atomic mass is 19.4. The highest BCUT2D eigenvalue weighted by Gasteiger charge is 2.38. The van der Waals surface area contributed by atoms with Gasteiger partial charge in [0, 0.05) is 6.04 Å². The number of amides is 1. The number of aromatic nitrogens is 2. The lowest BCUT2D eigenvalue weighted by atomic mass is 9.95. The molecule has 1 aromatic heterocycles. The fourth-order valence-corrected chi connectivity index (χ4v) is 3.72. The molecule has 1 aromatic carbocycles. The summed E-state index contributed by atoms with van der Waals surface area (Å²) in [6, 6.07) is 2.05. The zero-order chi connectivity index (χ0) is 20.6. The predicted molar refractivity (Wildman–Crippen MR) is 100 cm³/mol. The molecule has 1 atom stereocenters. The molecule has 1 aliphatic rings. The Morgan fingerprint density at radius 1 is 1.18 bits per heavy atom. The molecule has 1 aliphatic carbocycles. The average Bonchev–Trinajstić information content (AvgIpc) is 2.62. The fraction of sp³-hybridized carbons (Fsp3) is 0.550. The summed E-state index contributed by atoms with van der Waals surface area (Å²) in [6.07, 6.45) is -0.0786. The van der Waals surface area contributed by atoms with Crippen molar-refractivity contribution in [3.05, 3.63) is 39.3 Å². The summed E-state index contributed by atoms with van der Waals surface area (Å²) in [6.45, 7) is 5.01. The Labute approximate surface area is 161 Å². The number of nitrogens with one attached hydrogen (secondary N) is 1. The summed E-state index contributed by atoms with van der Waals surface area (Å²) in [4.78, 5) is 29.0. The summed E-state index contributed by atoms with van der Waals surface area (Å²) in [5.41, 5.74) is -0.949. The van der Waals surface area contributed by atoms with Gasteiger partial charge in [-0.3, -0.25) is 14.2 Å². The van der Waals surface area contributed by atoms with Gasteiger partial charge >= 0.3 is 6.18 Å². The minimum absolute atomic E-state index is 0.00132. The molecule has 1 heterocycles. The van der Waals surface area contributed by atoms with Gasteiger partial charge in [0.15, 0.2) is 0 Å². The Bertz CT molecular complexity index is 960. The number of fused-ring (bicyclic) bond motifs is 1. The first-order chi connectivity index (χ1) is 13.1. The van der Waals surface area contributed by atoms with E-state index in [0.29, 0.717) is 0 Å². The van der Waals surface area contributed by atoms with Gasteiger partial charge < -0.3 is 5.32 Å². The Balaban J connectivity index is 2.11. The van der Waals surface area contributed by atoms with E-state index in [0.717, 1.165) is 47.8 Å². The van der Waals surface area contributed by atoms with E-state index in [-0.39, 0.29) is 17.1 Å². The molecule has 1 saturated carbocycles. The Hall–Kier alpha value is -2.38. The van der Waals surface area contributed by atoms with Crippen LogP contribution >= 0.6 is 0 Å². The topological polar surface area (TPSA) is 64.0 Å². The summed E-state index contributed by atoms with van der Waals surface area (Å²) in [7, 11) is 0. The molecule has 2 aromatic rings. The molecule has 28 heavy (non-hydrogen) atoms. The molecule has 8 heteroatoms. The van der Waals surface area contributed by atoms with E-state index < -0.39 is 29.4 Å². The van der Waals surface area contributed by atoms with Crippen LogP contribution < -0.4 is 10.9 Å². The first-order valence-corrected chi connectivity index (χ1v) is 9.50. The van der Waals surface area contributed by atoms with E-state index in [1.165, 1.54) is 13.0 Å². The first-order valence-electron chi connectivity index (χ1n) is 9.50. The quantitative estimate of drug-likeness (QED) is 0.853. The van der Waals surface area contributed by atoms with Crippen LogP contribution in [0.3, 0.4) is 0 Å². The molecule has 1 N–H and O–H groups in total. The predicted octanol–water partition coefficient (Wildman–Crippen LogP) is 4.04. The van der Waals surface area contributed by atoms with Crippen LogP contribution in [-0.2, 0) is 11.0 Å². The lowest BCUT2D eigenvalue weighted by Crippen LogP contribution is -2.43. The number of carbonyl (C=O) groups is 1. The maximum Gasteiger partial charge on any atom is 0.438 e. The number of carbonyl (C=O) groups excluding carboxylic acids is 1. The normalized spacial score (nSPS) is 16.9. The van der Waals surface area contributed by atoms with Gasteiger partial charge in [0.05, 0.1) is 11.0 Å². The van der Waals surface area contributed by atoms with Crippen LogP contribution in [0, 0.1) is 13.8 Å². The second-order valence-electron chi connectivity index (χ2n) is 7.58. The third kappa shape index (κ3) is 3.91. The van der Waals surface area contributed by atoms with Gasteiger partial charge in [-0.2, -0.15) is 13.2 Å². The van der Waals surface area contributed by atoms with Gasteiger partial charge in [-0.1, -0.05) is 19.3 Å². The van der Waals surface area contributed by atoms with Crippen LogP contribution in [0.15, 0.2) is 16.9 Å². The molecule has 0 saturated heterocycles. The Kier molecular flexibility index (Phi) is 5.50. The third-order valence-electron chi connectivity index (χ3n) is 5.49. The van der Waals surface area contributed by atoms with Crippen molar-refractivity contribution in [3.8, 4) is 0 Å². The van der Waals surface area contributed by atoms with Crippen molar-refractivity contribution in [1.82, 2.24) is 14.9 Å². The molecule has 0 spiro atoms. The summed E-state index contributed by atoms with van der Waals surface area (Å²) < 4.78 is 41.1. The zero-order valence-electron chi connectivity index (χ0n) is 16.2. The maximum atomic E-state index is 13.4. The highest BCUT2D eigenvalue weighted by Crippen LogP contribution is 2.28. The van der Waals surface area contributed by atoms with Crippen molar-refractivity contribution in [1.29, 1.82) is 0 Å². The number of hydrogen-bond donors (Lipinski definition) is 1. The first kappa shape index (κ1) is 20.4. The number of rotatable bonds is 3. The number of benzene rings is 1. The molecule has 0 bridgehead atoms. The Morgan fingerprint density at radius 2 is 1.79 bits per heavy atom. The summed E-state index contributed by atoms with van der Waals surface area (Å²) in [5, 5.41) is 2.89. The monoisotopic (exact) mass is 395 g/mol. The van der Waals surface area contributed by atoms with Gasteiger partial charge in [-0.25, -0.2) is 4.98 Å². The van der Waals surface area contributed by atoms with Gasteiger partial charge in [0.2, 0.25) is 11.6 Å². The zero-order valence-corrected chi connectivity index (χ0v) is 16.2. The molecule has 1 unspecified atom stereocenters. The van der Waals surface area contributed by atoms with Crippen molar-refractivity contribution in [2.45, 2.75) is 71.1 Å². The van der Waals surface area contributed by atoms with Crippen LogP contribution in [0.2, 0.25) is 0 Å². The molecule has 5 nitrogen and oxygen atoms in total. The van der Waals surface area contributed by atoms with E-state index in [9.17, 15) is 22.8 Å². The molecule has 0 aliphatic heterocycles. The third-order valence-corrected chi connectivity index (χ3v) is 5.49. The Morgan fingerprint density at radius 3 is 2.39 bits per heavy atom. The van der Waals surface area contributed by atoms with E-state index >= 15 is 0 Å². The molecular weight excluding hydrogens is 371 g/mol.